The predicted octanol–water partition coefficient (Wildman–Crippen LogP) is -0.548. The van der Waals surface area contributed by atoms with E-state index in [1.807, 2.05) is 30.3 Å². The molecule has 3 N–H and O–H groups in total. The molecular weight excluding hydrogens is 278 g/mol. The van der Waals surface area contributed by atoms with E-state index in [1.54, 1.807) is 0 Å². The van der Waals surface area contributed by atoms with Gasteiger partial charge in [-0.25, -0.2) is 5.32 Å². The van der Waals surface area contributed by atoms with E-state index in [0.29, 0.717) is 0 Å². The molecule has 4 rings (SSSR count). The van der Waals surface area contributed by atoms with Crippen LogP contribution in [0.15, 0.2) is 30.3 Å². The second-order valence-corrected chi connectivity index (χ2v) is 5.53. The van der Waals surface area contributed by atoms with Crippen LogP contribution in [0.4, 0.5) is 0 Å². The van der Waals surface area contributed by atoms with Crippen LogP contribution in [0.1, 0.15) is 11.9 Å². The minimum absolute atomic E-state index is 0.240. The summed E-state index contributed by atoms with van der Waals surface area (Å²) in [6, 6.07) is 9.42. The molecule has 0 amide bonds. The lowest BCUT2D eigenvalue weighted by atomic mass is 9.98. The Bertz CT molecular complexity index is 542. The average Bonchev–Trinajstić information content (AvgIpc) is 3.11. The third-order valence-corrected chi connectivity index (χ3v) is 4.26. The molecule has 1 unspecified atom stereocenters. The number of fused-ring (bicyclic) bond motifs is 3. The van der Waals surface area contributed by atoms with E-state index in [0.717, 1.165) is 5.56 Å². The lowest BCUT2D eigenvalue weighted by Crippen LogP contribution is -2.62. The zero-order valence-corrected chi connectivity index (χ0v) is 11.4. The highest BCUT2D eigenvalue weighted by Gasteiger charge is 2.80. The molecule has 1 aromatic rings. The zero-order valence-electron chi connectivity index (χ0n) is 11.4. The minimum atomic E-state index is -1.65. The van der Waals surface area contributed by atoms with Gasteiger partial charge in [-0.3, -0.25) is 0 Å². The molecule has 7 heteroatoms. The first kappa shape index (κ1) is 13.6. The van der Waals surface area contributed by atoms with Gasteiger partial charge in [0, 0.05) is 12.7 Å². The Morgan fingerprint density at radius 1 is 1.19 bits per heavy atom. The molecular formula is C14H17NO6. The van der Waals surface area contributed by atoms with Gasteiger partial charge in [-0.1, -0.05) is 30.3 Å². The van der Waals surface area contributed by atoms with Crippen molar-refractivity contribution < 1.29 is 29.2 Å². The molecule has 0 aromatic heterocycles. The van der Waals surface area contributed by atoms with Gasteiger partial charge in [0.1, 0.15) is 12.2 Å². The van der Waals surface area contributed by atoms with Crippen molar-refractivity contribution in [2.75, 3.05) is 13.7 Å². The molecule has 3 fully saturated rings. The van der Waals surface area contributed by atoms with Gasteiger partial charge in [0.05, 0.1) is 6.61 Å². The number of ether oxygens (including phenoxy) is 4. The highest BCUT2D eigenvalue weighted by atomic mass is 16.8. The third-order valence-electron chi connectivity index (χ3n) is 4.26. The Kier molecular flexibility index (Phi) is 2.89. The fourth-order valence-electron chi connectivity index (χ4n) is 3.06. The summed E-state index contributed by atoms with van der Waals surface area (Å²) in [6.45, 7) is 0.240. The lowest BCUT2D eigenvalue weighted by molar-refractivity contribution is -0.358. The van der Waals surface area contributed by atoms with E-state index >= 15 is 0 Å². The molecule has 0 bridgehead atoms. The topological polar surface area (TPSA) is 99.3 Å². The SMILES string of the molecule is CO[C@H]1O[C@@H]2COC(c3ccccc3)O[C@H]2[C@@]2(O)N[C@@]12O. The molecule has 6 atom stereocenters. The van der Waals surface area contributed by atoms with Crippen molar-refractivity contribution in [1.82, 2.24) is 5.32 Å². The Balaban J connectivity index is 1.58. The van der Waals surface area contributed by atoms with Gasteiger partial charge in [-0.05, 0) is 0 Å². The monoisotopic (exact) mass is 295 g/mol. The van der Waals surface area contributed by atoms with Crippen molar-refractivity contribution in [1.29, 1.82) is 0 Å². The van der Waals surface area contributed by atoms with Crippen LogP contribution in [0.5, 0.6) is 0 Å². The molecule has 0 spiro atoms. The summed E-state index contributed by atoms with van der Waals surface area (Å²) in [5, 5.41) is 23.5. The van der Waals surface area contributed by atoms with Crippen LogP contribution in [0.3, 0.4) is 0 Å². The van der Waals surface area contributed by atoms with Gasteiger partial charge in [0.25, 0.3) is 0 Å². The maximum absolute atomic E-state index is 10.6. The molecule has 3 aliphatic heterocycles. The summed E-state index contributed by atoms with van der Waals surface area (Å²) in [4.78, 5) is 0. The number of benzene rings is 1. The van der Waals surface area contributed by atoms with Gasteiger partial charge in [-0.15, -0.1) is 0 Å². The highest BCUT2D eigenvalue weighted by Crippen LogP contribution is 2.50. The first-order chi connectivity index (χ1) is 10.1. The second kappa shape index (κ2) is 4.47. The van der Waals surface area contributed by atoms with E-state index in [1.165, 1.54) is 7.11 Å². The minimum Gasteiger partial charge on any atom is -0.369 e. The van der Waals surface area contributed by atoms with Crippen LogP contribution < -0.4 is 5.32 Å². The summed E-state index contributed by atoms with van der Waals surface area (Å²) in [7, 11) is 1.40. The standard InChI is InChI=1S/C14H17NO6/c1-18-12-14(17)13(16,15-14)10-9(20-12)7-19-11(21-10)8-5-3-2-4-6-8/h2-6,9-12,15-17H,7H2,1H3/t9-,10-,11?,12+,13+,14-/m1/s1. The van der Waals surface area contributed by atoms with Gasteiger partial charge < -0.3 is 29.2 Å². The van der Waals surface area contributed by atoms with E-state index < -0.39 is 36.2 Å². The smallest absolute Gasteiger partial charge is 0.216 e. The van der Waals surface area contributed by atoms with E-state index in [4.69, 9.17) is 18.9 Å². The van der Waals surface area contributed by atoms with Crippen LogP contribution in [0.25, 0.3) is 0 Å². The highest BCUT2D eigenvalue weighted by molar-refractivity contribution is 5.24. The molecule has 0 radical (unpaired) electrons. The summed E-state index contributed by atoms with van der Waals surface area (Å²) < 4.78 is 22.1. The van der Waals surface area contributed by atoms with Gasteiger partial charge in [-0.2, -0.15) is 0 Å². The van der Waals surface area contributed by atoms with Crippen molar-refractivity contribution >= 4 is 0 Å². The van der Waals surface area contributed by atoms with Crippen molar-refractivity contribution in [3.63, 3.8) is 0 Å². The Hall–Kier alpha value is -1.06. The molecule has 114 valence electrons. The summed E-state index contributed by atoms with van der Waals surface area (Å²) in [5.74, 6) is 0. The van der Waals surface area contributed by atoms with Crippen molar-refractivity contribution in [3.05, 3.63) is 35.9 Å². The van der Waals surface area contributed by atoms with Gasteiger partial charge in [0.2, 0.25) is 12.0 Å². The van der Waals surface area contributed by atoms with Crippen molar-refractivity contribution in [2.45, 2.75) is 36.2 Å². The van der Waals surface area contributed by atoms with E-state index in [2.05, 4.69) is 5.32 Å². The zero-order chi connectivity index (χ0) is 14.7. The van der Waals surface area contributed by atoms with E-state index in [-0.39, 0.29) is 6.61 Å². The fourth-order valence-corrected chi connectivity index (χ4v) is 3.06. The number of rotatable bonds is 2. The average molecular weight is 295 g/mol. The van der Waals surface area contributed by atoms with Crippen LogP contribution in [-0.2, 0) is 18.9 Å². The Morgan fingerprint density at radius 3 is 2.67 bits per heavy atom. The first-order valence-electron chi connectivity index (χ1n) is 6.83. The molecule has 3 heterocycles. The molecule has 3 saturated heterocycles. The molecule has 7 nitrogen and oxygen atoms in total. The Labute approximate surface area is 121 Å². The summed E-state index contributed by atoms with van der Waals surface area (Å²) in [6.07, 6.45) is -2.84. The Morgan fingerprint density at radius 2 is 1.95 bits per heavy atom. The van der Waals surface area contributed by atoms with Crippen LogP contribution >= 0.6 is 0 Å². The molecule has 21 heavy (non-hydrogen) atoms. The lowest BCUT2D eigenvalue weighted by Gasteiger charge is -2.44. The number of hydrogen-bond acceptors (Lipinski definition) is 7. The quantitative estimate of drug-likeness (QED) is 0.630. The summed E-state index contributed by atoms with van der Waals surface area (Å²) >= 11 is 0. The number of methoxy groups -OCH3 is 1. The molecule has 0 saturated carbocycles. The first-order valence-corrected chi connectivity index (χ1v) is 6.83. The van der Waals surface area contributed by atoms with Gasteiger partial charge in [0.15, 0.2) is 12.0 Å². The van der Waals surface area contributed by atoms with Crippen molar-refractivity contribution in [3.8, 4) is 0 Å². The third kappa shape index (κ3) is 1.80. The second-order valence-electron chi connectivity index (χ2n) is 5.53. The van der Waals surface area contributed by atoms with Gasteiger partial charge >= 0.3 is 0 Å². The molecule has 3 aliphatic rings. The number of nitrogens with one attached hydrogen (secondary N) is 1. The normalized spacial score (nSPS) is 48.3. The number of aliphatic hydroxyl groups is 2. The summed E-state index contributed by atoms with van der Waals surface area (Å²) in [5.41, 5.74) is -2.40. The largest absolute Gasteiger partial charge is 0.369 e. The number of hydrogen-bond donors (Lipinski definition) is 3. The van der Waals surface area contributed by atoms with E-state index in [9.17, 15) is 10.2 Å². The molecule has 0 aliphatic carbocycles. The van der Waals surface area contributed by atoms with Crippen LogP contribution in [0, 0.1) is 0 Å². The maximum atomic E-state index is 10.6. The van der Waals surface area contributed by atoms with Crippen LogP contribution in [0.2, 0.25) is 0 Å². The predicted molar refractivity (Wildman–Crippen MR) is 68.7 cm³/mol. The van der Waals surface area contributed by atoms with Crippen molar-refractivity contribution in [2.24, 2.45) is 0 Å². The maximum Gasteiger partial charge on any atom is 0.216 e. The molecule has 1 aromatic carbocycles. The van der Waals surface area contributed by atoms with Crippen LogP contribution in [-0.4, -0.2) is 53.9 Å². The fraction of sp³-hybridized carbons (Fsp3) is 0.571.